The van der Waals surface area contributed by atoms with Gasteiger partial charge in [-0.25, -0.2) is 0 Å². The lowest BCUT2D eigenvalue weighted by atomic mass is 9.96. The summed E-state index contributed by atoms with van der Waals surface area (Å²) < 4.78 is 11.4. The van der Waals surface area contributed by atoms with Crippen LogP contribution in [-0.2, 0) is 9.47 Å². The molecule has 2 heterocycles. The number of thioether (sulfide) groups is 1. The largest absolute Gasteiger partial charge is 0.379 e. The lowest BCUT2D eigenvalue weighted by molar-refractivity contribution is -0.0105. The number of likely N-dealkylation sites (N-methyl/N-ethyl adjacent to an activating group) is 1. The number of guanidine groups is 1. The summed E-state index contributed by atoms with van der Waals surface area (Å²) in [4.78, 5) is 9.89. The van der Waals surface area contributed by atoms with Gasteiger partial charge in [0.1, 0.15) is 0 Å². The van der Waals surface area contributed by atoms with E-state index in [2.05, 4.69) is 40.8 Å². The van der Waals surface area contributed by atoms with Crippen LogP contribution in [0.3, 0.4) is 0 Å². The Labute approximate surface area is 163 Å². The highest BCUT2D eigenvalue weighted by Gasteiger charge is 2.40. The van der Waals surface area contributed by atoms with Gasteiger partial charge in [-0.05, 0) is 37.9 Å². The van der Waals surface area contributed by atoms with Crippen molar-refractivity contribution in [3.05, 3.63) is 0 Å². The minimum absolute atomic E-state index is 0.207. The zero-order valence-corrected chi connectivity index (χ0v) is 17.4. The fourth-order valence-electron chi connectivity index (χ4n) is 3.64. The van der Waals surface area contributed by atoms with Crippen LogP contribution in [0.15, 0.2) is 4.99 Å². The summed E-state index contributed by atoms with van der Waals surface area (Å²) >= 11 is 2.07. The topological polar surface area (TPSA) is 49.3 Å². The van der Waals surface area contributed by atoms with Gasteiger partial charge in [0, 0.05) is 45.6 Å². The molecule has 1 N–H and O–H groups in total. The lowest BCUT2D eigenvalue weighted by Crippen LogP contribution is -2.56. The van der Waals surface area contributed by atoms with Crippen molar-refractivity contribution >= 4 is 17.7 Å². The van der Waals surface area contributed by atoms with Crippen molar-refractivity contribution in [2.75, 3.05) is 77.7 Å². The van der Waals surface area contributed by atoms with Crippen molar-refractivity contribution < 1.29 is 9.47 Å². The maximum Gasteiger partial charge on any atom is 0.193 e. The molecule has 1 unspecified atom stereocenters. The molecule has 6 nitrogen and oxygen atoms in total. The second-order valence-corrected chi connectivity index (χ2v) is 8.84. The van der Waals surface area contributed by atoms with Crippen LogP contribution < -0.4 is 5.32 Å². The first-order chi connectivity index (χ1) is 12.7. The maximum absolute atomic E-state index is 5.80. The lowest BCUT2D eigenvalue weighted by Gasteiger charge is -2.42. The second-order valence-electron chi connectivity index (χ2n) is 7.74. The normalized spacial score (nSPS) is 27.7. The molecular formula is C19H36N4O2S. The summed E-state index contributed by atoms with van der Waals surface area (Å²) in [5, 5.41) is 3.46. The van der Waals surface area contributed by atoms with Crippen LogP contribution >= 0.6 is 11.8 Å². The van der Waals surface area contributed by atoms with Crippen LogP contribution in [0.25, 0.3) is 0 Å². The molecule has 3 rings (SSSR count). The van der Waals surface area contributed by atoms with Crippen LogP contribution in [-0.4, -0.2) is 99.0 Å². The fourth-order valence-corrected chi connectivity index (χ4v) is 5.11. The van der Waals surface area contributed by atoms with E-state index in [1.165, 1.54) is 30.8 Å². The molecule has 1 saturated carbocycles. The molecule has 0 spiro atoms. The standard InChI is InChI=1S/C19H36N4O2S/c1-3-20-18(22(2)7-10-25-14-17-4-5-17)21-15-19(6-13-26-16-19)23-8-11-24-12-9-23/h17H,3-16H2,1-2H3,(H,20,21). The highest BCUT2D eigenvalue weighted by Crippen LogP contribution is 2.34. The van der Waals surface area contributed by atoms with Crippen LogP contribution in [0, 0.1) is 5.92 Å². The van der Waals surface area contributed by atoms with Crippen molar-refractivity contribution in [1.82, 2.24) is 15.1 Å². The van der Waals surface area contributed by atoms with Gasteiger partial charge in [-0.15, -0.1) is 0 Å². The van der Waals surface area contributed by atoms with E-state index in [0.29, 0.717) is 0 Å². The number of ether oxygens (including phenoxy) is 2. The predicted molar refractivity (Wildman–Crippen MR) is 109 cm³/mol. The van der Waals surface area contributed by atoms with Crippen LogP contribution in [0.2, 0.25) is 0 Å². The van der Waals surface area contributed by atoms with Crippen molar-refractivity contribution in [1.29, 1.82) is 0 Å². The summed E-state index contributed by atoms with van der Waals surface area (Å²) in [5.74, 6) is 4.26. The number of nitrogens with zero attached hydrogens (tertiary/aromatic N) is 3. The van der Waals surface area contributed by atoms with Gasteiger partial charge in [-0.1, -0.05) is 0 Å². The molecule has 3 fully saturated rings. The molecule has 1 aliphatic carbocycles. The van der Waals surface area contributed by atoms with E-state index in [0.717, 1.165) is 71.0 Å². The predicted octanol–water partition coefficient (Wildman–Crippen LogP) is 1.52. The van der Waals surface area contributed by atoms with Crippen molar-refractivity contribution in [3.63, 3.8) is 0 Å². The first-order valence-electron chi connectivity index (χ1n) is 10.2. The van der Waals surface area contributed by atoms with Crippen LogP contribution in [0.1, 0.15) is 26.2 Å². The Morgan fingerprint density at radius 2 is 2.19 bits per heavy atom. The Bertz CT molecular complexity index is 447. The molecule has 0 aromatic heterocycles. The Morgan fingerprint density at radius 1 is 1.38 bits per heavy atom. The Morgan fingerprint density at radius 3 is 2.85 bits per heavy atom. The van der Waals surface area contributed by atoms with Crippen molar-refractivity contribution in [2.45, 2.75) is 31.7 Å². The number of aliphatic imine (C=N–C) groups is 1. The molecule has 0 bridgehead atoms. The Hall–Kier alpha value is -0.500. The van der Waals surface area contributed by atoms with Gasteiger partial charge in [0.25, 0.3) is 0 Å². The summed E-state index contributed by atoms with van der Waals surface area (Å²) in [6.45, 7) is 10.3. The van der Waals surface area contributed by atoms with E-state index in [-0.39, 0.29) is 5.54 Å². The third-order valence-electron chi connectivity index (χ3n) is 5.61. The van der Waals surface area contributed by atoms with E-state index in [1.54, 1.807) is 0 Å². The highest BCUT2D eigenvalue weighted by molar-refractivity contribution is 7.99. The molecule has 0 aromatic carbocycles. The van der Waals surface area contributed by atoms with E-state index < -0.39 is 0 Å². The molecule has 1 atom stereocenters. The fraction of sp³-hybridized carbons (Fsp3) is 0.947. The molecule has 2 aliphatic heterocycles. The summed E-state index contributed by atoms with van der Waals surface area (Å²) in [5.41, 5.74) is 0.207. The highest BCUT2D eigenvalue weighted by atomic mass is 32.2. The van der Waals surface area contributed by atoms with E-state index in [4.69, 9.17) is 14.5 Å². The third kappa shape index (κ3) is 5.75. The zero-order valence-electron chi connectivity index (χ0n) is 16.5. The summed E-state index contributed by atoms with van der Waals surface area (Å²) in [6.07, 6.45) is 3.93. The first-order valence-corrected chi connectivity index (χ1v) is 11.4. The summed E-state index contributed by atoms with van der Waals surface area (Å²) in [6, 6.07) is 0. The molecule has 0 aromatic rings. The minimum Gasteiger partial charge on any atom is -0.379 e. The number of nitrogens with one attached hydrogen (secondary N) is 1. The number of morpholine rings is 1. The number of hydrogen-bond acceptors (Lipinski definition) is 5. The van der Waals surface area contributed by atoms with Gasteiger partial charge in [-0.2, -0.15) is 11.8 Å². The Kier molecular flexibility index (Phi) is 7.91. The molecule has 150 valence electrons. The quantitative estimate of drug-likeness (QED) is 0.370. The molecule has 0 radical (unpaired) electrons. The van der Waals surface area contributed by atoms with E-state index >= 15 is 0 Å². The molecular weight excluding hydrogens is 348 g/mol. The molecule has 3 aliphatic rings. The van der Waals surface area contributed by atoms with Gasteiger partial charge >= 0.3 is 0 Å². The van der Waals surface area contributed by atoms with Gasteiger partial charge in [0.15, 0.2) is 5.96 Å². The van der Waals surface area contributed by atoms with E-state index in [9.17, 15) is 0 Å². The van der Waals surface area contributed by atoms with Gasteiger partial charge in [0.05, 0.1) is 31.9 Å². The van der Waals surface area contributed by atoms with Crippen LogP contribution in [0.4, 0.5) is 0 Å². The number of rotatable bonds is 9. The Balaban J connectivity index is 1.54. The molecule has 7 heteroatoms. The van der Waals surface area contributed by atoms with Gasteiger partial charge < -0.3 is 19.7 Å². The van der Waals surface area contributed by atoms with Crippen molar-refractivity contribution in [2.24, 2.45) is 10.9 Å². The minimum atomic E-state index is 0.207. The van der Waals surface area contributed by atoms with Crippen molar-refractivity contribution in [3.8, 4) is 0 Å². The summed E-state index contributed by atoms with van der Waals surface area (Å²) in [7, 11) is 2.12. The SMILES string of the molecule is CCNC(=NCC1(N2CCOCC2)CCSC1)N(C)CCOCC1CC1. The molecule has 2 saturated heterocycles. The second kappa shape index (κ2) is 10.2. The average molecular weight is 385 g/mol. The average Bonchev–Trinajstić information content (AvgIpc) is 3.38. The first kappa shape index (κ1) is 20.2. The smallest absolute Gasteiger partial charge is 0.193 e. The van der Waals surface area contributed by atoms with Gasteiger partial charge in [-0.3, -0.25) is 9.89 Å². The maximum atomic E-state index is 5.80. The molecule has 0 amide bonds. The van der Waals surface area contributed by atoms with E-state index in [1.807, 2.05) is 0 Å². The monoisotopic (exact) mass is 384 g/mol. The molecule has 26 heavy (non-hydrogen) atoms. The third-order valence-corrected chi connectivity index (χ3v) is 6.84. The number of hydrogen-bond donors (Lipinski definition) is 1. The van der Waals surface area contributed by atoms with Gasteiger partial charge in [0.2, 0.25) is 0 Å². The zero-order chi connectivity index (χ0) is 18.2. The van der Waals surface area contributed by atoms with Crippen LogP contribution in [0.5, 0.6) is 0 Å².